The predicted molar refractivity (Wildman–Crippen MR) is 74.7 cm³/mol. The molecule has 1 heterocycles. The van der Waals surface area contributed by atoms with Crippen LogP contribution in [0.5, 0.6) is 0 Å². The molecule has 6 nitrogen and oxygen atoms in total. The molecule has 1 atom stereocenters. The summed E-state index contributed by atoms with van der Waals surface area (Å²) in [5, 5.41) is 3.25. The minimum Gasteiger partial charge on any atom is -0.399 e. The maximum Gasteiger partial charge on any atom is 0.250 e. The van der Waals surface area contributed by atoms with Crippen molar-refractivity contribution in [2.75, 3.05) is 11.1 Å². The number of anilines is 2. The fraction of sp³-hybridized carbons (Fsp3) is 0.231. The van der Waals surface area contributed by atoms with Gasteiger partial charge in [0.1, 0.15) is 0 Å². The lowest BCUT2D eigenvalue weighted by molar-refractivity contribution is 0.100. The van der Waals surface area contributed by atoms with Gasteiger partial charge in [0.2, 0.25) is 0 Å². The van der Waals surface area contributed by atoms with Crippen molar-refractivity contribution in [3.63, 3.8) is 0 Å². The minimum absolute atomic E-state index is 0.121. The second-order valence-corrected chi connectivity index (χ2v) is 4.47. The molecule has 0 aliphatic carbocycles. The van der Waals surface area contributed by atoms with E-state index < -0.39 is 5.91 Å². The molecule has 0 fully saturated rings. The van der Waals surface area contributed by atoms with Crippen LogP contribution in [0.2, 0.25) is 0 Å². The molecule has 1 amide bonds. The first-order chi connectivity index (χ1) is 9.06. The summed E-state index contributed by atoms with van der Waals surface area (Å²) >= 11 is 0. The lowest BCUT2D eigenvalue weighted by Gasteiger charge is -2.18. The first-order valence-electron chi connectivity index (χ1n) is 5.98. The van der Waals surface area contributed by atoms with Crippen molar-refractivity contribution in [3.8, 4) is 0 Å². The zero-order valence-electron chi connectivity index (χ0n) is 10.7. The van der Waals surface area contributed by atoms with Gasteiger partial charge in [0, 0.05) is 36.4 Å². The second-order valence-electron chi connectivity index (χ2n) is 4.47. The van der Waals surface area contributed by atoms with E-state index in [2.05, 4.69) is 10.3 Å². The number of imidazole rings is 1. The van der Waals surface area contributed by atoms with Crippen LogP contribution in [-0.2, 0) is 6.54 Å². The molecule has 0 aliphatic rings. The molecule has 0 spiro atoms. The van der Waals surface area contributed by atoms with Gasteiger partial charge in [-0.15, -0.1) is 0 Å². The van der Waals surface area contributed by atoms with Gasteiger partial charge in [0.25, 0.3) is 5.91 Å². The number of nitrogens with one attached hydrogen (secondary N) is 1. The van der Waals surface area contributed by atoms with Crippen LogP contribution in [0.1, 0.15) is 17.3 Å². The molecule has 2 aromatic rings. The van der Waals surface area contributed by atoms with Crippen molar-refractivity contribution in [1.82, 2.24) is 9.55 Å². The Morgan fingerprint density at radius 2 is 2.32 bits per heavy atom. The third-order valence-electron chi connectivity index (χ3n) is 2.75. The summed E-state index contributed by atoms with van der Waals surface area (Å²) < 4.78 is 1.96. The average Bonchev–Trinajstić information content (AvgIpc) is 2.83. The Bertz CT molecular complexity index is 564. The van der Waals surface area contributed by atoms with Crippen LogP contribution in [0, 0.1) is 0 Å². The first kappa shape index (κ1) is 12.9. The first-order valence-corrected chi connectivity index (χ1v) is 5.98. The van der Waals surface area contributed by atoms with Gasteiger partial charge in [0.15, 0.2) is 0 Å². The third kappa shape index (κ3) is 3.25. The number of hydrogen-bond acceptors (Lipinski definition) is 4. The molecule has 1 unspecified atom stereocenters. The van der Waals surface area contributed by atoms with Gasteiger partial charge in [-0.3, -0.25) is 4.79 Å². The van der Waals surface area contributed by atoms with Crippen LogP contribution in [0.25, 0.3) is 0 Å². The van der Waals surface area contributed by atoms with E-state index in [1.807, 2.05) is 17.7 Å². The van der Waals surface area contributed by atoms with Gasteiger partial charge in [0.05, 0.1) is 11.9 Å². The molecule has 0 saturated carbocycles. The number of amides is 1. The van der Waals surface area contributed by atoms with Gasteiger partial charge in [-0.05, 0) is 25.1 Å². The summed E-state index contributed by atoms with van der Waals surface area (Å²) in [5.41, 5.74) is 12.6. The van der Waals surface area contributed by atoms with Crippen LogP contribution >= 0.6 is 0 Å². The maximum absolute atomic E-state index is 11.4. The number of nitrogens with two attached hydrogens (primary N) is 2. The van der Waals surface area contributed by atoms with Crippen LogP contribution in [0.4, 0.5) is 11.4 Å². The number of primary amides is 1. The standard InChI is InChI=1S/C13H17N5O/c1-9(7-18-5-4-16-8-18)17-12-3-2-10(14)6-11(12)13(15)19/h2-6,8-9,17H,7,14H2,1H3,(H2,15,19). The Morgan fingerprint density at radius 3 is 2.95 bits per heavy atom. The lowest BCUT2D eigenvalue weighted by atomic mass is 10.1. The summed E-state index contributed by atoms with van der Waals surface area (Å²) in [5.74, 6) is -0.496. The Morgan fingerprint density at radius 1 is 1.53 bits per heavy atom. The summed E-state index contributed by atoms with van der Waals surface area (Å²) in [4.78, 5) is 15.4. The smallest absolute Gasteiger partial charge is 0.250 e. The number of benzene rings is 1. The molecule has 2 rings (SSSR count). The number of hydrogen-bond donors (Lipinski definition) is 3. The molecule has 19 heavy (non-hydrogen) atoms. The van der Waals surface area contributed by atoms with Crippen molar-refractivity contribution in [2.24, 2.45) is 5.73 Å². The Hall–Kier alpha value is -2.50. The molecule has 5 N–H and O–H groups in total. The van der Waals surface area contributed by atoms with Crippen molar-refractivity contribution < 1.29 is 4.79 Å². The van der Waals surface area contributed by atoms with E-state index in [4.69, 9.17) is 11.5 Å². The van der Waals surface area contributed by atoms with Crippen LogP contribution in [-0.4, -0.2) is 21.5 Å². The maximum atomic E-state index is 11.4. The van der Waals surface area contributed by atoms with E-state index in [1.54, 1.807) is 30.7 Å². The lowest BCUT2D eigenvalue weighted by Crippen LogP contribution is -2.24. The van der Waals surface area contributed by atoms with E-state index in [0.717, 1.165) is 6.54 Å². The fourth-order valence-corrected chi connectivity index (χ4v) is 1.91. The van der Waals surface area contributed by atoms with Crippen LogP contribution in [0.15, 0.2) is 36.9 Å². The zero-order valence-corrected chi connectivity index (χ0v) is 10.7. The molecule has 6 heteroatoms. The summed E-state index contributed by atoms with van der Waals surface area (Å²) in [7, 11) is 0. The second kappa shape index (κ2) is 5.43. The summed E-state index contributed by atoms with van der Waals surface area (Å²) in [6.07, 6.45) is 5.36. The fourth-order valence-electron chi connectivity index (χ4n) is 1.91. The number of aromatic nitrogens is 2. The molecule has 0 bridgehead atoms. The van der Waals surface area contributed by atoms with Crippen LogP contribution < -0.4 is 16.8 Å². The quantitative estimate of drug-likeness (QED) is 0.699. The SMILES string of the molecule is CC(Cn1ccnc1)Nc1ccc(N)cc1C(N)=O. The molecule has 0 radical (unpaired) electrons. The number of carbonyl (C=O) groups is 1. The monoisotopic (exact) mass is 259 g/mol. The number of nitrogen functional groups attached to an aromatic ring is 1. The molecular formula is C13H17N5O. The number of carbonyl (C=O) groups excluding carboxylic acids is 1. The average molecular weight is 259 g/mol. The Kier molecular flexibility index (Phi) is 3.70. The third-order valence-corrected chi connectivity index (χ3v) is 2.75. The van der Waals surface area contributed by atoms with E-state index in [9.17, 15) is 4.79 Å². The highest BCUT2D eigenvalue weighted by Gasteiger charge is 2.11. The molecular weight excluding hydrogens is 242 g/mol. The number of rotatable bonds is 5. The summed E-state index contributed by atoms with van der Waals surface area (Å²) in [6, 6.07) is 5.20. The van der Waals surface area contributed by atoms with Crippen molar-refractivity contribution >= 4 is 17.3 Å². The minimum atomic E-state index is -0.496. The topological polar surface area (TPSA) is 99.0 Å². The van der Waals surface area contributed by atoms with E-state index in [0.29, 0.717) is 16.9 Å². The Labute approximate surface area is 111 Å². The van der Waals surface area contributed by atoms with Gasteiger partial charge in [-0.1, -0.05) is 0 Å². The van der Waals surface area contributed by atoms with Gasteiger partial charge >= 0.3 is 0 Å². The largest absolute Gasteiger partial charge is 0.399 e. The highest BCUT2D eigenvalue weighted by molar-refractivity contribution is 5.99. The molecule has 0 aliphatic heterocycles. The van der Waals surface area contributed by atoms with E-state index >= 15 is 0 Å². The normalized spacial score (nSPS) is 12.1. The van der Waals surface area contributed by atoms with Gasteiger partial charge in [-0.2, -0.15) is 0 Å². The zero-order chi connectivity index (χ0) is 13.8. The van der Waals surface area contributed by atoms with Crippen LogP contribution in [0.3, 0.4) is 0 Å². The van der Waals surface area contributed by atoms with Gasteiger partial charge < -0.3 is 21.4 Å². The molecule has 0 saturated heterocycles. The Balaban J connectivity index is 2.12. The van der Waals surface area contributed by atoms with Crippen molar-refractivity contribution in [1.29, 1.82) is 0 Å². The van der Waals surface area contributed by atoms with Crippen molar-refractivity contribution in [3.05, 3.63) is 42.5 Å². The van der Waals surface area contributed by atoms with E-state index in [1.165, 1.54) is 0 Å². The van der Waals surface area contributed by atoms with E-state index in [-0.39, 0.29) is 6.04 Å². The van der Waals surface area contributed by atoms with Gasteiger partial charge in [-0.25, -0.2) is 4.98 Å². The highest BCUT2D eigenvalue weighted by Crippen LogP contribution is 2.19. The molecule has 1 aromatic carbocycles. The van der Waals surface area contributed by atoms with Crippen molar-refractivity contribution in [2.45, 2.75) is 19.5 Å². The number of nitrogens with zero attached hydrogens (tertiary/aromatic N) is 2. The molecule has 100 valence electrons. The highest BCUT2D eigenvalue weighted by atomic mass is 16.1. The summed E-state index contributed by atoms with van der Waals surface area (Å²) in [6.45, 7) is 2.75. The molecule has 1 aromatic heterocycles. The predicted octanol–water partition coefficient (Wildman–Crippen LogP) is 1.06.